The van der Waals surface area contributed by atoms with Crippen molar-refractivity contribution >= 4 is 11.8 Å². The molecule has 0 unspecified atom stereocenters. The van der Waals surface area contributed by atoms with Crippen LogP contribution in [0, 0.1) is 0 Å². The lowest BCUT2D eigenvalue weighted by molar-refractivity contribution is -0.663. The molecule has 2 amide bonds. The molecular weight excluding hydrogens is 226 g/mol. The zero-order valence-corrected chi connectivity index (χ0v) is 9.81. The van der Waals surface area contributed by atoms with Gasteiger partial charge in [-0.15, -0.1) is 4.48 Å². The second-order valence-electron chi connectivity index (χ2n) is 4.80. The Kier molecular flexibility index (Phi) is 1.49. The van der Waals surface area contributed by atoms with Crippen LogP contribution in [0.4, 0.5) is 0 Å². The summed E-state index contributed by atoms with van der Waals surface area (Å²) in [5.74, 6) is -0.252. The Labute approximate surface area is 104 Å². The van der Waals surface area contributed by atoms with E-state index in [1.54, 1.807) is 24.3 Å². The molecule has 3 heteroatoms. The van der Waals surface area contributed by atoms with Crippen molar-refractivity contribution in [1.82, 2.24) is 0 Å². The predicted octanol–water partition coefficient (Wildman–Crippen LogP) is 2.54. The lowest BCUT2D eigenvalue weighted by Crippen LogP contribution is -2.46. The van der Waals surface area contributed by atoms with Gasteiger partial charge in [0.1, 0.15) is 0 Å². The van der Waals surface area contributed by atoms with Crippen LogP contribution in [-0.4, -0.2) is 16.3 Å². The van der Waals surface area contributed by atoms with Gasteiger partial charge < -0.3 is 0 Å². The first-order valence-corrected chi connectivity index (χ1v) is 5.87. The molecule has 4 rings (SSSR count). The molecule has 0 aromatic heterocycles. The third-order valence-corrected chi connectivity index (χ3v) is 3.93. The Balaban J connectivity index is 2.07. The summed E-state index contributed by atoms with van der Waals surface area (Å²) in [6.45, 7) is 1.94. The van der Waals surface area contributed by atoms with E-state index in [1.807, 2.05) is 25.2 Å². The molecule has 3 nitrogen and oxygen atoms in total. The van der Waals surface area contributed by atoms with Gasteiger partial charge in [0.25, 0.3) is 0 Å². The van der Waals surface area contributed by atoms with E-state index in [4.69, 9.17) is 0 Å². The number of carbonyl (C=O) groups excluding carboxylic acids is 2. The summed E-state index contributed by atoms with van der Waals surface area (Å²) in [6.07, 6.45) is 5.67. The van der Waals surface area contributed by atoms with Gasteiger partial charge in [-0.25, -0.2) is 9.59 Å². The maximum Gasteiger partial charge on any atom is 0.364 e. The SMILES string of the molecule is CC1=C2C=CC(=C1)[N+]21C(=O)c2ccccc2C1=O. The molecule has 0 fully saturated rings. The highest BCUT2D eigenvalue weighted by molar-refractivity contribution is 6.16. The summed E-state index contributed by atoms with van der Waals surface area (Å²) in [5.41, 5.74) is 3.64. The molecule has 1 spiro atoms. The van der Waals surface area contributed by atoms with Crippen LogP contribution >= 0.6 is 0 Å². The Hall–Kier alpha value is -2.26. The van der Waals surface area contributed by atoms with Crippen LogP contribution in [0.5, 0.6) is 0 Å². The zero-order chi connectivity index (χ0) is 12.5. The number of rotatable bonds is 0. The molecule has 2 bridgehead atoms. The number of nitrogens with zero attached hydrogens (tertiary/aromatic N) is 1. The molecule has 3 aliphatic rings. The monoisotopic (exact) mass is 236 g/mol. The van der Waals surface area contributed by atoms with Gasteiger partial charge in [0.05, 0.1) is 11.1 Å². The topological polar surface area (TPSA) is 34.1 Å². The van der Waals surface area contributed by atoms with Gasteiger partial charge in [-0.3, -0.25) is 0 Å². The second-order valence-corrected chi connectivity index (χ2v) is 4.80. The third kappa shape index (κ3) is 0.772. The van der Waals surface area contributed by atoms with Crippen LogP contribution in [0.3, 0.4) is 0 Å². The zero-order valence-electron chi connectivity index (χ0n) is 9.81. The molecular formula is C15H10NO2+. The summed E-state index contributed by atoms with van der Waals surface area (Å²) >= 11 is 0. The smallest absolute Gasteiger partial charge is 0.224 e. The number of fused-ring (bicyclic) bond motifs is 1. The minimum Gasteiger partial charge on any atom is -0.224 e. The fraction of sp³-hybridized carbons (Fsp3) is 0.0667. The quantitative estimate of drug-likeness (QED) is 0.512. The molecule has 86 valence electrons. The van der Waals surface area contributed by atoms with Crippen molar-refractivity contribution in [2.75, 3.05) is 0 Å². The van der Waals surface area contributed by atoms with Gasteiger partial charge >= 0.3 is 11.8 Å². The van der Waals surface area contributed by atoms with E-state index in [0.29, 0.717) is 11.1 Å². The van der Waals surface area contributed by atoms with Crippen molar-refractivity contribution in [1.29, 1.82) is 0 Å². The lowest BCUT2D eigenvalue weighted by atomic mass is 10.1. The second kappa shape index (κ2) is 2.76. The Bertz CT molecular complexity index is 700. The first-order valence-electron chi connectivity index (χ1n) is 5.87. The van der Waals surface area contributed by atoms with Crippen LogP contribution in [0.1, 0.15) is 27.6 Å². The average molecular weight is 236 g/mol. The minimum atomic E-state index is -0.245. The van der Waals surface area contributed by atoms with Gasteiger partial charge in [0, 0.05) is 23.8 Å². The summed E-state index contributed by atoms with van der Waals surface area (Å²) < 4.78 is -0.245. The van der Waals surface area contributed by atoms with E-state index >= 15 is 0 Å². The Morgan fingerprint density at radius 3 is 2.00 bits per heavy atom. The largest absolute Gasteiger partial charge is 0.364 e. The molecule has 0 atom stereocenters. The number of allylic oxidation sites excluding steroid dienone is 4. The van der Waals surface area contributed by atoms with E-state index in [1.165, 1.54) is 0 Å². The number of carbonyl (C=O) groups is 2. The lowest BCUT2D eigenvalue weighted by Gasteiger charge is -2.21. The fourth-order valence-corrected chi connectivity index (χ4v) is 3.13. The number of amides is 2. The van der Waals surface area contributed by atoms with Crippen LogP contribution in [0.2, 0.25) is 0 Å². The highest BCUT2D eigenvalue weighted by atomic mass is 16.2. The average Bonchev–Trinajstić information content (AvgIpc) is 2.96. The van der Waals surface area contributed by atoms with Crippen LogP contribution in [0.25, 0.3) is 0 Å². The van der Waals surface area contributed by atoms with Gasteiger partial charge in [0.15, 0.2) is 11.4 Å². The van der Waals surface area contributed by atoms with Gasteiger partial charge in [0.2, 0.25) is 0 Å². The predicted molar refractivity (Wildman–Crippen MR) is 65.3 cm³/mol. The first kappa shape index (κ1) is 9.74. The fourth-order valence-electron chi connectivity index (χ4n) is 3.13. The molecule has 1 aromatic carbocycles. The maximum absolute atomic E-state index is 12.7. The van der Waals surface area contributed by atoms with Crippen LogP contribution in [-0.2, 0) is 0 Å². The summed E-state index contributed by atoms with van der Waals surface area (Å²) in [6, 6.07) is 7.06. The van der Waals surface area contributed by atoms with E-state index in [9.17, 15) is 9.59 Å². The van der Waals surface area contributed by atoms with E-state index in [0.717, 1.165) is 17.0 Å². The first-order chi connectivity index (χ1) is 8.67. The molecule has 18 heavy (non-hydrogen) atoms. The molecule has 1 aromatic rings. The highest BCUT2D eigenvalue weighted by Crippen LogP contribution is 2.48. The van der Waals surface area contributed by atoms with Crippen molar-refractivity contribution in [3.05, 3.63) is 70.6 Å². The molecule has 0 N–H and O–H groups in total. The number of hydrogen-bond acceptors (Lipinski definition) is 2. The third-order valence-electron chi connectivity index (χ3n) is 3.93. The normalized spacial score (nSPS) is 22.2. The number of quaternary nitrogens is 1. The van der Waals surface area contributed by atoms with Crippen molar-refractivity contribution in [3.63, 3.8) is 0 Å². The molecule has 0 aliphatic carbocycles. The van der Waals surface area contributed by atoms with Crippen LogP contribution < -0.4 is 0 Å². The van der Waals surface area contributed by atoms with Crippen molar-refractivity contribution < 1.29 is 14.1 Å². The van der Waals surface area contributed by atoms with Gasteiger partial charge in [-0.2, -0.15) is 0 Å². The molecule has 3 aliphatic heterocycles. The maximum atomic E-state index is 12.7. The summed E-state index contributed by atoms with van der Waals surface area (Å²) in [7, 11) is 0. The molecule has 3 heterocycles. The highest BCUT2D eigenvalue weighted by Gasteiger charge is 2.62. The van der Waals surface area contributed by atoms with E-state index in [-0.39, 0.29) is 16.3 Å². The number of hydrogen-bond donors (Lipinski definition) is 0. The number of imide groups is 1. The molecule has 0 radical (unpaired) electrons. The van der Waals surface area contributed by atoms with Crippen LogP contribution in [0.15, 0.2) is 59.5 Å². The van der Waals surface area contributed by atoms with E-state index < -0.39 is 0 Å². The summed E-state index contributed by atoms with van der Waals surface area (Å²) in [5, 5.41) is 0. The standard InChI is InChI=1S/C15H10NO2/c1-9-8-10-6-7-13(9)16(10)14(17)11-4-2-3-5-12(11)15(16)18/h2-8H,1H3/q+1. The van der Waals surface area contributed by atoms with Crippen molar-refractivity contribution in [3.8, 4) is 0 Å². The van der Waals surface area contributed by atoms with Crippen molar-refractivity contribution in [2.24, 2.45) is 0 Å². The van der Waals surface area contributed by atoms with Gasteiger partial charge in [-0.05, 0) is 19.1 Å². The Morgan fingerprint density at radius 2 is 1.56 bits per heavy atom. The van der Waals surface area contributed by atoms with Gasteiger partial charge in [-0.1, -0.05) is 12.1 Å². The minimum absolute atomic E-state index is 0.126. The Morgan fingerprint density at radius 1 is 0.944 bits per heavy atom. The van der Waals surface area contributed by atoms with Crippen molar-refractivity contribution in [2.45, 2.75) is 6.92 Å². The molecule has 0 saturated carbocycles. The summed E-state index contributed by atoms with van der Waals surface area (Å²) in [4.78, 5) is 25.3. The number of benzene rings is 1. The molecule has 0 saturated heterocycles. The van der Waals surface area contributed by atoms with E-state index in [2.05, 4.69) is 0 Å².